The highest BCUT2D eigenvalue weighted by atomic mass is 35.5. The third-order valence-electron chi connectivity index (χ3n) is 2.69. The fourth-order valence-corrected chi connectivity index (χ4v) is 1.79. The van der Waals surface area contributed by atoms with E-state index in [-0.39, 0.29) is 36.9 Å². The number of nitrogens with one attached hydrogen (secondary N) is 2. The van der Waals surface area contributed by atoms with Gasteiger partial charge in [0, 0.05) is 25.2 Å². The van der Waals surface area contributed by atoms with Gasteiger partial charge in [0.05, 0.1) is 0 Å². The van der Waals surface area contributed by atoms with Crippen molar-refractivity contribution in [1.82, 2.24) is 15.5 Å². The molecule has 0 aliphatic heterocycles. The van der Waals surface area contributed by atoms with Crippen LogP contribution in [-0.4, -0.2) is 54.7 Å². The molecule has 0 aromatic heterocycles. The average molecular weight is 391 g/mol. The Balaban J connectivity index is -0.00000220. The smallest absolute Gasteiger partial charge is 0.408 e. The van der Waals surface area contributed by atoms with E-state index in [1.807, 2.05) is 27.7 Å². The molecule has 0 aliphatic rings. The summed E-state index contributed by atoms with van der Waals surface area (Å²) in [6.45, 7) is 11.5. The average Bonchev–Trinajstić information content (AvgIpc) is 2.32. The lowest BCUT2D eigenvalue weighted by atomic mass is 10.4. The van der Waals surface area contributed by atoms with Gasteiger partial charge in [-0.1, -0.05) is 0 Å². The summed E-state index contributed by atoms with van der Waals surface area (Å²) >= 11 is 0. The lowest BCUT2D eigenvalue weighted by Gasteiger charge is -2.33. The van der Waals surface area contributed by atoms with Gasteiger partial charge in [-0.05, 0) is 41.5 Å². The van der Waals surface area contributed by atoms with Crippen molar-refractivity contribution in [2.45, 2.75) is 66.1 Å². The summed E-state index contributed by atoms with van der Waals surface area (Å²) in [7, 11) is 0. The molecule has 0 saturated heterocycles. The number of hydrogen-bond acceptors (Lipinski definition) is 6. The zero-order valence-corrected chi connectivity index (χ0v) is 16.8. The van der Waals surface area contributed by atoms with Gasteiger partial charge in [0.1, 0.15) is 0 Å². The Hall–Kier alpha value is -0.960. The Kier molecular flexibility index (Phi) is 16.7. The predicted molar refractivity (Wildman–Crippen MR) is 98.7 cm³/mol. The molecule has 0 fully saturated rings. The molecule has 0 spiro atoms. The van der Waals surface area contributed by atoms with Gasteiger partial charge in [-0.15, -0.1) is 24.8 Å². The number of nitrogens with two attached hydrogens (primary N) is 1. The van der Waals surface area contributed by atoms with Crippen molar-refractivity contribution in [2.75, 3.05) is 13.1 Å². The number of ether oxygens (including phenoxy) is 2. The van der Waals surface area contributed by atoms with Crippen molar-refractivity contribution in [3.8, 4) is 0 Å². The first kappa shape index (κ1) is 27.9. The van der Waals surface area contributed by atoms with E-state index in [1.54, 1.807) is 18.7 Å². The molecule has 2 unspecified atom stereocenters. The lowest BCUT2D eigenvalue weighted by Crippen LogP contribution is -2.49. The van der Waals surface area contributed by atoms with Crippen molar-refractivity contribution < 1.29 is 19.1 Å². The summed E-state index contributed by atoms with van der Waals surface area (Å²) in [6.07, 6.45) is -2.21. The summed E-state index contributed by atoms with van der Waals surface area (Å²) in [5.41, 5.74) is 5.57. The van der Waals surface area contributed by atoms with Crippen molar-refractivity contribution in [2.24, 2.45) is 5.73 Å². The fourth-order valence-electron chi connectivity index (χ4n) is 1.79. The zero-order valence-electron chi connectivity index (χ0n) is 15.2. The normalized spacial score (nSPS) is 12.8. The topological polar surface area (TPSA) is 106 Å². The van der Waals surface area contributed by atoms with Gasteiger partial charge in [0.15, 0.2) is 12.5 Å². The Bertz CT molecular complexity index is 330. The van der Waals surface area contributed by atoms with Crippen LogP contribution in [0.1, 0.15) is 41.5 Å². The molecule has 0 aromatic carbocycles. The van der Waals surface area contributed by atoms with E-state index < -0.39 is 24.6 Å². The molecule has 4 N–H and O–H groups in total. The van der Waals surface area contributed by atoms with Crippen LogP contribution in [0.5, 0.6) is 0 Å². The molecule has 146 valence electrons. The highest BCUT2D eigenvalue weighted by molar-refractivity contribution is 5.85. The first-order valence-corrected chi connectivity index (χ1v) is 7.57. The maximum atomic E-state index is 11.7. The molecule has 0 aromatic rings. The number of alkyl carbamates (subject to hydrolysis) is 2. The highest BCUT2D eigenvalue weighted by Gasteiger charge is 2.25. The summed E-state index contributed by atoms with van der Waals surface area (Å²) in [5, 5.41) is 5.27. The summed E-state index contributed by atoms with van der Waals surface area (Å²) in [5.74, 6) is 0. The minimum atomic E-state index is -0.579. The summed E-state index contributed by atoms with van der Waals surface area (Å²) < 4.78 is 10.5. The number of rotatable bonds is 8. The molecule has 2 amide bonds. The molecule has 2 atom stereocenters. The van der Waals surface area contributed by atoms with E-state index in [9.17, 15) is 9.59 Å². The third kappa shape index (κ3) is 12.5. The number of carbonyl (C=O) groups is 2. The van der Waals surface area contributed by atoms with E-state index in [0.717, 1.165) is 0 Å². The van der Waals surface area contributed by atoms with Crippen LogP contribution in [-0.2, 0) is 9.47 Å². The van der Waals surface area contributed by atoms with Gasteiger partial charge in [0.25, 0.3) is 0 Å². The molecule has 0 heterocycles. The first-order chi connectivity index (χ1) is 10.2. The molecule has 0 bridgehead atoms. The molecular formula is C14H32Cl2N4O4. The quantitative estimate of drug-likeness (QED) is 0.547. The summed E-state index contributed by atoms with van der Waals surface area (Å²) in [6, 6.07) is -0.0405. The fraction of sp³-hybridized carbons (Fsp3) is 0.857. The Morgan fingerprint density at radius 2 is 1.21 bits per heavy atom. The van der Waals surface area contributed by atoms with Gasteiger partial charge in [-0.3, -0.25) is 0 Å². The SMILES string of the molecule is CC(C)NC(=O)OC(C)N(CCN)C(C)OC(=O)NC(C)C.Cl.Cl. The molecule has 0 rings (SSSR count). The van der Waals surface area contributed by atoms with Gasteiger partial charge in [0.2, 0.25) is 0 Å². The van der Waals surface area contributed by atoms with Crippen LogP contribution < -0.4 is 16.4 Å². The van der Waals surface area contributed by atoms with Gasteiger partial charge >= 0.3 is 12.2 Å². The second-order valence-corrected chi connectivity index (χ2v) is 5.63. The van der Waals surface area contributed by atoms with Crippen LogP contribution in [0.2, 0.25) is 0 Å². The maximum absolute atomic E-state index is 11.7. The van der Waals surface area contributed by atoms with E-state index in [0.29, 0.717) is 13.1 Å². The van der Waals surface area contributed by atoms with Gasteiger partial charge in [-0.2, -0.15) is 0 Å². The third-order valence-corrected chi connectivity index (χ3v) is 2.69. The molecule has 24 heavy (non-hydrogen) atoms. The number of halogens is 2. The number of carbonyl (C=O) groups excluding carboxylic acids is 2. The van der Waals surface area contributed by atoms with Crippen LogP contribution in [0.4, 0.5) is 9.59 Å². The zero-order chi connectivity index (χ0) is 17.3. The van der Waals surface area contributed by atoms with Crippen molar-refractivity contribution in [3.63, 3.8) is 0 Å². The Morgan fingerprint density at radius 3 is 1.46 bits per heavy atom. The molecule has 0 radical (unpaired) electrons. The predicted octanol–water partition coefficient (Wildman–Crippen LogP) is 2.05. The second kappa shape index (κ2) is 14.4. The molecule has 0 aliphatic carbocycles. The number of amides is 2. The monoisotopic (exact) mass is 390 g/mol. The van der Waals surface area contributed by atoms with Crippen molar-refractivity contribution in [3.05, 3.63) is 0 Å². The molecule has 0 saturated carbocycles. The van der Waals surface area contributed by atoms with Crippen LogP contribution in [0.25, 0.3) is 0 Å². The van der Waals surface area contributed by atoms with E-state index in [1.165, 1.54) is 0 Å². The van der Waals surface area contributed by atoms with E-state index >= 15 is 0 Å². The second-order valence-electron chi connectivity index (χ2n) is 5.63. The van der Waals surface area contributed by atoms with Crippen molar-refractivity contribution in [1.29, 1.82) is 0 Å². The maximum Gasteiger partial charge on any atom is 0.408 e. The molecule has 10 heteroatoms. The minimum Gasteiger partial charge on any atom is -0.430 e. The van der Waals surface area contributed by atoms with Crippen LogP contribution >= 0.6 is 24.8 Å². The van der Waals surface area contributed by atoms with E-state index in [2.05, 4.69) is 10.6 Å². The first-order valence-electron chi connectivity index (χ1n) is 7.57. The van der Waals surface area contributed by atoms with Gasteiger partial charge in [-0.25, -0.2) is 14.5 Å². The number of nitrogens with zero attached hydrogens (tertiary/aromatic N) is 1. The standard InChI is InChI=1S/C14H30N4O4.2ClH/c1-9(2)16-13(19)21-11(5)18(8-7-15)12(6)22-14(20)17-10(3)4;;/h9-12H,7-8,15H2,1-6H3,(H,16,19)(H,17,20);2*1H. The minimum absolute atomic E-state index is 0. The van der Waals surface area contributed by atoms with Crippen LogP contribution in [0.3, 0.4) is 0 Å². The van der Waals surface area contributed by atoms with Crippen LogP contribution in [0.15, 0.2) is 0 Å². The van der Waals surface area contributed by atoms with Gasteiger partial charge < -0.3 is 25.8 Å². The summed E-state index contributed by atoms with van der Waals surface area (Å²) in [4.78, 5) is 25.0. The van der Waals surface area contributed by atoms with Crippen LogP contribution in [0, 0.1) is 0 Å². The van der Waals surface area contributed by atoms with E-state index in [4.69, 9.17) is 15.2 Å². The lowest BCUT2D eigenvalue weighted by molar-refractivity contribution is -0.0903. The largest absolute Gasteiger partial charge is 0.430 e. The Labute approximate surface area is 157 Å². The molecular weight excluding hydrogens is 359 g/mol. The highest BCUT2D eigenvalue weighted by Crippen LogP contribution is 2.09. The molecule has 8 nitrogen and oxygen atoms in total. The number of hydrogen-bond donors (Lipinski definition) is 3. The Morgan fingerprint density at radius 1 is 0.875 bits per heavy atom. The van der Waals surface area contributed by atoms with Crippen molar-refractivity contribution >= 4 is 37.0 Å².